The Hall–Kier alpha value is -1.83. The van der Waals surface area contributed by atoms with Gasteiger partial charge in [0, 0.05) is 5.71 Å². The molecule has 1 N–H and O–H groups in total. The Kier molecular flexibility index (Phi) is 5.32. The molecule has 1 aromatic carbocycles. The zero-order chi connectivity index (χ0) is 16.1. The lowest BCUT2D eigenvalue weighted by molar-refractivity contribution is 0.539. The Bertz CT molecular complexity index is 615. The van der Waals surface area contributed by atoms with Crippen LogP contribution < -0.4 is 5.43 Å². The molecular formula is C21H28N2. The van der Waals surface area contributed by atoms with Gasteiger partial charge < -0.3 is 5.43 Å². The van der Waals surface area contributed by atoms with E-state index in [4.69, 9.17) is 5.10 Å². The monoisotopic (exact) mass is 308 g/mol. The molecule has 3 rings (SSSR count). The largest absolute Gasteiger partial charge is 0.302 e. The van der Waals surface area contributed by atoms with Crippen molar-refractivity contribution in [2.45, 2.75) is 64.8 Å². The van der Waals surface area contributed by atoms with Crippen LogP contribution >= 0.6 is 0 Å². The first-order valence-corrected chi connectivity index (χ1v) is 8.94. The molecule has 2 aliphatic rings. The summed E-state index contributed by atoms with van der Waals surface area (Å²) in [6, 6.07) is 11.0. The van der Waals surface area contributed by atoms with E-state index in [2.05, 4.69) is 55.7 Å². The number of hydrazone groups is 1. The normalized spacial score (nSPS) is 19.6. The molecule has 1 fully saturated rings. The second-order valence-electron chi connectivity index (χ2n) is 6.99. The molecular weight excluding hydrogens is 280 g/mol. The zero-order valence-electron chi connectivity index (χ0n) is 14.4. The highest BCUT2D eigenvalue weighted by Gasteiger charge is 2.18. The lowest BCUT2D eigenvalue weighted by Gasteiger charge is -2.21. The van der Waals surface area contributed by atoms with E-state index in [1.807, 2.05) is 0 Å². The van der Waals surface area contributed by atoms with Gasteiger partial charge in [-0.15, -0.1) is 0 Å². The first kappa shape index (κ1) is 16.0. The van der Waals surface area contributed by atoms with E-state index in [0.29, 0.717) is 0 Å². The third-order valence-corrected chi connectivity index (χ3v) is 4.97. The summed E-state index contributed by atoms with van der Waals surface area (Å²) in [6.07, 6.45) is 10.8. The van der Waals surface area contributed by atoms with E-state index in [1.54, 1.807) is 5.57 Å². The Balaban J connectivity index is 1.73. The Labute approximate surface area is 140 Å². The number of hydrogen-bond donors (Lipinski definition) is 1. The van der Waals surface area contributed by atoms with Gasteiger partial charge in [0.2, 0.25) is 0 Å². The van der Waals surface area contributed by atoms with Crippen LogP contribution in [0.25, 0.3) is 0 Å². The SMILES string of the molecule is CC1=CC(C)=C(CC(NN=C2CCCCC2)c2ccccc2)C1. The molecule has 0 radical (unpaired) electrons. The molecule has 1 unspecified atom stereocenters. The van der Waals surface area contributed by atoms with Crippen molar-refractivity contribution in [1.29, 1.82) is 0 Å². The van der Waals surface area contributed by atoms with Crippen LogP contribution in [0, 0.1) is 0 Å². The maximum atomic E-state index is 4.77. The van der Waals surface area contributed by atoms with Crippen LogP contribution in [0.5, 0.6) is 0 Å². The van der Waals surface area contributed by atoms with Gasteiger partial charge in [0.15, 0.2) is 0 Å². The Morgan fingerprint density at radius 2 is 1.78 bits per heavy atom. The third-order valence-electron chi connectivity index (χ3n) is 4.97. The molecule has 122 valence electrons. The number of allylic oxidation sites excluding steroid dienone is 3. The summed E-state index contributed by atoms with van der Waals surface area (Å²) in [6.45, 7) is 4.46. The van der Waals surface area contributed by atoms with E-state index in [1.165, 1.54) is 41.7 Å². The maximum Gasteiger partial charge on any atom is 0.0726 e. The Morgan fingerprint density at radius 3 is 2.43 bits per heavy atom. The van der Waals surface area contributed by atoms with Gasteiger partial charge in [-0.3, -0.25) is 0 Å². The van der Waals surface area contributed by atoms with Gasteiger partial charge in [0.25, 0.3) is 0 Å². The summed E-state index contributed by atoms with van der Waals surface area (Å²) in [5, 5.41) is 4.77. The summed E-state index contributed by atoms with van der Waals surface area (Å²) in [5.74, 6) is 0. The summed E-state index contributed by atoms with van der Waals surface area (Å²) >= 11 is 0. The molecule has 2 heteroatoms. The fourth-order valence-electron chi connectivity index (χ4n) is 3.64. The third kappa shape index (κ3) is 4.34. The van der Waals surface area contributed by atoms with Crippen molar-refractivity contribution in [3.63, 3.8) is 0 Å². The second kappa shape index (κ2) is 7.63. The zero-order valence-corrected chi connectivity index (χ0v) is 14.4. The van der Waals surface area contributed by atoms with Crippen LogP contribution in [-0.2, 0) is 0 Å². The van der Waals surface area contributed by atoms with E-state index >= 15 is 0 Å². The first-order chi connectivity index (χ1) is 11.2. The van der Waals surface area contributed by atoms with Gasteiger partial charge in [0.05, 0.1) is 6.04 Å². The van der Waals surface area contributed by atoms with Crippen LogP contribution in [0.4, 0.5) is 0 Å². The quantitative estimate of drug-likeness (QED) is 0.694. The van der Waals surface area contributed by atoms with Crippen LogP contribution in [-0.4, -0.2) is 5.71 Å². The van der Waals surface area contributed by atoms with E-state index in [9.17, 15) is 0 Å². The minimum Gasteiger partial charge on any atom is -0.302 e. The fraction of sp³-hybridized carbons (Fsp3) is 0.476. The van der Waals surface area contributed by atoms with E-state index in [0.717, 1.165) is 25.7 Å². The van der Waals surface area contributed by atoms with Crippen molar-refractivity contribution < 1.29 is 0 Å². The van der Waals surface area contributed by atoms with Gasteiger partial charge in [0.1, 0.15) is 0 Å². The van der Waals surface area contributed by atoms with Crippen molar-refractivity contribution in [3.8, 4) is 0 Å². The lowest BCUT2D eigenvalue weighted by atomic mass is 9.96. The molecule has 1 atom stereocenters. The Morgan fingerprint density at radius 1 is 1.04 bits per heavy atom. The molecule has 0 amide bonds. The van der Waals surface area contributed by atoms with E-state index in [-0.39, 0.29) is 6.04 Å². The van der Waals surface area contributed by atoms with Gasteiger partial charge >= 0.3 is 0 Å². The molecule has 23 heavy (non-hydrogen) atoms. The molecule has 0 spiro atoms. The molecule has 2 nitrogen and oxygen atoms in total. The summed E-state index contributed by atoms with van der Waals surface area (Å²) in [5.41, 5.74) is 10.6. The van der Waals surface area contributed by atoms with Crippen LogP contribution in [0.15, 0.2) is 58.2 Å². The molecule has 1 saturated carbocycles. The summed E-state index contributed by atoms with van der Waals surface area (Å²) in [4.78, 5) is 0. The maximum absolute atomic E-state index is 4.77. The lowest BCUT2D eigenvalue weighted by Crippen LogP contribution is -2.20. The van der Waals surface area contributed by atoms with Crippen LogP contribution in [0.2, 0.25) is 0 Å². The topological polar surface area (TPSA) is 24.4 Å². The molecule has 1 aromatic rings. The van der Waals surface area contributed by atoms with Crippen molar-refractivity contribution in [1.82, 2.24) is 5.43 Å². The molecule has 0 saturated heterocycles. The van der Waals surface area contributed by atoms with Gasteiger partial charge in [-0.1, -0.05) is 59.5 Å². The molecule has 0 heterocycles. The second-order valence-corrected chi connectivity index (χ2v) is 6.99. The average Bonchev–Trinajstić information content (AvgIpc) is 2.90. The van der Waals surface area contributed by atoms with Crippen molar-refractivity contribution >= 4 is 5.71 Å². The highest BCUT2D eigenvalue weighted by atomic mass is 15.3. The average molecular weight is 308 g/mol. The summed E-state index contributed by atoms with van der Waals surface area (Å²) in [7, 11) is 0. The van der Waals surface area contributed by atoms with Crippen LogP contribution in [0.3, 0.4) is 0 Å². The smallest absolute Gasteiger partial charge is 0.0726 e. The van der Waals surface area contributed by atoms with Crippen molar-refractivity contribution in [3.05, 3.63) is 58.7 Å². The highest BCUT2D eigenvalue weighted by molar-refractivity contribution is 5.84. The predicted molar refractivity (Wildman–Crippen MR) is 98.5 cm³/mol. The summed E-state index contributed by atoms with van der Waals surface area (Å²) < 4.78 is 0. The predicted octanol–water partition coefficient (Wildman–Crippen LogP) is 5.69. The van der Waals surface area contributed by atoms with Crippen molar-refractivity contribution in [2.24, 2.45) is 5.10 Å². The number of rotatable bonds is 5. The minimum absolute atomic E-state index is 0.273. The number of nitrogens with zero attached hydrogens (tertiary/aromatic N) is 1. The number of benzene rings is 1. The van der Waals surface area contributed by atoms with Crippen molar-refractivity contribution in [2.75, 3.05) is 0 Å². The molecule has 2 aliphatic carbocycles. The van der Waals surface area contributed by atoms with Gasteiger partial charge in [-0.05, 0) is 57.9 Å². The van der Waals surface area contributed by atoms with Gasteiger partial charge in [-0.25, -0.2) is 0 Å². The minimum atomic E-state index is 0.273. The standard InChI is InChI=1S/C21H28N2/c1-16-13-17(2)19(14-16)15-21(18-9-5-3-6-10-18)23-22-20-11-7-4-8-12-20/h3,5-6,9-10,13,21,23H,4,7-8,11-12,14-15H2,1-2H3. The van der Waals surface area contributed by atoms with Gasteiger partial charge in [-0.2, -0.15) is 5.10 Å². The molecule has 0 aromatic heterocycles. The highest BCUT2D eigenvalue weighted by Crippen LogP contribution is 2.32. The number of hydrogen-bond acceptors (Lipinski definition) is 2. The first-order valence-electron chi connectivity index (χ1n) is 8.94. The van der Waals surface area contributed by atoms with E-state index < -0.39 is 0 Å². The fourth-order valence-corrected chi connectivity index (χ4v) is 3.64. The molecule has 0 bridgehead atoms. The van der Waals surface area contributed by atoms with Crippen LogP contribution in [0.1, 0.15) is 70.4 Å². The molecule has 0 aliphatic heterocycles. The number of nitrogens with one attached hydrogen (secondary N) is 1.